The predicted octanol–water partition coefficient (Wildman–Crippen LogP) is 3.32. The van der Waals surface area contributed by atoms with Gasteiger partial charge in [-0.1, -0.05) is 12.1 Å². The number of carbonyl (C=O) groups excluding carboxylic acids is 2. The lowest BCUT2D eigenvalue weighted by Gasteiger charge is -2.29. The normalized spacial score (nSPS) is 15.2. The molecule has 0 saturated carbocycles. The maximum Gasteiger partial charge on any atom is 0.270 e. The van der Waals surface area contributed by atoms with Gasteiger partial charge in [-0.3, -0.25) is 14.9 Å². The van der Waals surface area contributed by atoms with Crippen molar-refractivity contribution in [3.05, 3.63) is 53.6 Å². The maximum absolute atomic E-state index is 13.2. The third-order valence-corrected chi connectivity index (χ3v) is 4.61. The summed E-state index contributed by atoms with van der Waals surface area (Å²) in [5.41, 5.74) is 0.948. The Bertz CT molecular complexity index is 1020. The zero-order chi connectivity index (χ0) is 21.7. The van der Waals surface area contributed by atoms with Gasteiger partial charge in [-0.05, 0) is 56.4 Å². The van der Waals surface area contributed by atoms with E-state index < -0.39 is 11.8 Å². The SMILES string of the molecule is CCOc1ccc(/C=C2\C(=O)NC(=S)N(c3ccccc3OC)C2=O)c(OCC)c1. The number of carbonyl (C=O) groups is 2. The average Bonchev–Trinajstić information content (AvgIpc) is 2.73. The molecule has 0 radical (unpaired) electrons. The van der Waals surface area contributed by atoms with Crippen LogP contribution in [0.2, 0.25) is 0 Å². The molecule has 1 saturated heterocycles. The van der Waals surface area contributed by atoms with Crippen molar-refractivity contribution in [2.45, 2.75) is 13.8 Å². The minimum absolute atomic E-state index is 0.0108. The zero-order valence-corrected chi connectivity index (χ0v) is 17.7. The minimum Gasteiger partial charge on any atom is -0.495 e. The first kappa shape index (κ1) is 21.3. The topological polar surface area (TPSA) is 77.1 Å². The molecule has 7 nitrogen and oxygen atoms in total. The van der Waals surface area contributed by atoms with Crippen molar-refractivity contribution in [3.63, 3.8) is 0 Å². The van der Waals surface area contributed by atoms with Crippen molar-refractivity contribution >= 4 is 40.9 Å². The Labute approximate surface area is 180 Å². The van der Waals surface area contributed by atoms with E-state index in [9.17, 15) is 9.59 Å². The molecule has 1 N–H and O–H groups in total. The lowest BCUT2D eigenvalue weighted by molar-refractivity contribution is -0.122. The molecule has 1 aliphatic heterocycles. The number of anilines is 1. The summed E-state index contributed by atoms with van der Waals surface area (Å²) in [6, 6.07) is 12.2. The summed E-state index contributed by atoms with van der Waals surface area (Å²) in [6.45, 7) is 4.67. The van der Waals surface area contributed by atoms with Crippen LogP contribution < -0.4 is 24.4 Å². The number of hydrogen-bond donors (Lipinski definition) is 1. The number of nitrogens with zero attached hydrogens (tertiary/aromatic N) is 1. The molecule has 8 heteroatoms. The molecule has 1 heterocycles. The van der Waals surface area contributed by atoms with E-state index in [1.807, 2.05) is 13.8 Å². The molecule has 30 heavy (non-hydrogen) atoms. The highest BCUT2D eigenvalue weighted by atomic mass is 32.1. The van der Waals surface area contributed by atoms with Crippen molar-refractivity contribution in [1.29, 1.82) is 0 Å². The molecule has 0 aliphatic carbocycles. The molecule has 1 aliphatic rings. The van der Waals surface area contributed by atoms with Crippen LogP contribution in [0.25, 0.3) is 6.08 Å². The number of amides is 2. The van der Waals surface area contributed by atoms with Gasteiger partial charge in [-0.15, -0.1) is 0 Å². The Morgan fingerprint density at radius 2 is 1.77 bits per heavy atom. The van der Waals surface area contributed by atoms with Crippen molar-refractivity contribution in [2.75, 3.05) is 25.2 Å². The van der Waals surface area contributed by atoms with Gasteiger partial charge in [-0.25, -0.2) is 4.90 Å². The second kappa shape index (κ2) is 9.41. The third-order valence-electron chi connectivity index (χ3n) is 4.32. The predicted molar refractivity (Wildman–Crippen MR) is 118 cm³/mol. The van der Waals surface area contributed by atoms with Crippen LogP contribution in [0.15, 0.2) is 48.0 Å². The number of hydrogen-bond acceptors (Lipinski definition) is 6. The van der Waals surface area contributed by atoms with Crippen LogP contribution in [-0.2, 0) is 9.59 Å². The van der Waals surface area contributed by atoms with Crippen molar-refractivity contribution < 1.29 is 23.8 Å². The van der Waals surface area contributed by atoms with Gasteiger partial charge in [0.1, 0.15) is 22.8 Å². The van der Waals surface area contributed by atoms with E-state index in [1.54, 1.807) is 42.5 Å². The van der Waals surface area contributed by atoms with Crippen molar-refractivity contribution in [1.82, 2.24) is 5.32 Å². The Morgan fingerprint density at radius 1 is 1.03 bits per heavy atom. The standard InChI is InChI=1S/C22H22N2O5S/c1-4-28-15-11-10-14(19(13-15)29-5-2)12-16-20(25)23-22(30)24(21(16)26)17-8-6-7-9-18(17)27-3/h6-13H,4-5H2,1-3H3,(H,23,25,30)/b16-12+. The fourth-order valence-corrected chi connectivity index (χ4v) is 3.29. The molecule has 0 bridgehead atoms. The first-order valence-electron chi connectivity index (χ1n) is 9.44. The molecule has 2 aromatic carbocycles. The van der Waals surface area contributed by atoms with Crippen molar-refractivity contribution in [3.8, 4) is 17.2 Å². The molecule has 0 atom stereocenters. The number of methoxy groups -OCH3 is 1. The average molecular weight is 426 g/mol. The molecular weight excluding hydrogens is 404 g/mol. The molecule has 3 rings (SSSR count). The smallest absolute Gasteiger partial charge is 0.270 e. The second-order valence-electron chi connectivity index (χ2n) is 6.20. The van der Waals surface area contributed by atoms with Crippen LogP contribution in [0.4, 0.5) is 5.69 Å². The second-order valence-corrected chi connectivity index (χ2v) is 6.58. The quantitative estimate of drug-likeness (QED) is 0.416. The van der Waals surface area contributed by atoms with Gasteiger partial charge in [0, 0.05) is 11.6 Å². The van der Waals surface area contributed by atoms with E-state index in [4.69, 9.17) is 26.4 Å². The van der Waals surface area contributed by atoms with E-state index >= 15 is 0 Å². The molecule has 0 aromatic heterocycles. The number of para-hydroxylation sites is 2. The summed E-state index contributed by atoms with van der Waals surface area (Å²) in [6.07, 6.45) is 1.49. The van der Waals surface area contributed by atoms with Crippen LogP contribution in [0.3, 0.4) is 0 Å². The number of rotatable bonds is 7. The fraction of sp³-hybridized carbons (Fsp3) is 0.227. The summed E-state index contributed by atoms with van der Waals surface area (Å²) >= 11 is 5.25. The summed E-state index contributed by atoms with van der Waals surface area (Å²) in [4.78, 5) is 27.1. The zero-order valence-electron chi connectivity index (χ0n) is 16.9. The summed E-state index contributed by atoms with van der Waals surface area (Å²) in [5.74, 6) is 0.477. The molecular formula is C22H22N2O5S. The largest absolute Gasteiger partial charge is 0.495 e. The molecule has 1 fully saturated rings. The molecule has 2 aromatic rings. The Balaban J connectivity index is 2.05. The van der Waals surface area contributed by atoms with E-state index in [0.29, 0.717) is 41.7 Å². The van der Waals surface area contributed by atoms with Crippen LogP contribution in [0.1, 0.15) is 19.4 Å². The van der Waals surface area contributed by atoms with E-state index in [2.05, 4.69) is 5.32 Å². The van der Waals surface area contributed by atoms with Crippen LogP contribution >= 0.6 is 12.2 Å². The van der Waals surface area contributed by atoms with Gasteiger partial charge in [0.25, 0.3) is 11.8 Å². The number of benzene rings is 2. The Hall–Kier alpha value is -3.39. The van der Waals surface area contributed by atoms with Gasteiger partial charge in [0.15, 0.2) is 5.11 Å². The maximum atomic E-state index is 13.2. The molecule has 0 spiro atoms. The van der Waals surface area contributed by atoms with E-state index in [0.717, 1.165) is 0 Å². The lowest BCUT2D eigenvalue weighted by Crippen LogP contribution is -2.54. The van der Waals surface area contributed by atoms with Gasteiger partial charge >= 0.3 is 0 Å². The minimum atomic E-state index is -0.576. The Kier molecular flexibility index (Phi) is 6.68. The van der Waals surface area contributed by atoms with Gasteiger partial charge in [0.2, 0.25) is 0 Å². The van der Waals surface area contributed by atoms with E-state index in [1.165, 1.54) is 18.1 Å². The summed E-state index contributed by atoms with van der Waals surface area (Å²) < 4.78 is 16.5. The highest BCUT2D eigenvalue weighted by Gasteiger charge is 2.36. The highest BCUT2D eigenvalue weighted by molar-refractivity contribution is 7.80. The monoisotopic (exact) mass is 426 g/mol. The summed E-state index contributed by atoms with van der Waals surface area (Å²) in [5, 5.41) is 2.56. The molecule has 2 amide bonds. The van der Waals surface area contributed by atoms with Crippen LogP contribution in [0.5, 0.6) is 17.2 Å². The first-order valence-corrected chi connectivity index (χ1v) is 9.85. The third kappa shape index (κ3) is 4.28. The number of ether oxygens (including phenoxy) is 3. The summed E-state index contributed by atoms with van der Waals surface area (Å²) in [7, 11) is 1.50. The van der Waals surface area contributed by atoms with Crippen LogP contribution in [-0.4, -0.2) is 37.3 Å². The first-order chi connectivity index (χ1) is 14.5. The molecule has 0 unspecified atom stereocenters. The highest BCUT2D eigenvalue weighted by Crippen LogP contribution is 2.32. The van der Waals surface area contributed by atoms with Crippen LogP contribution in [0, 0.1) is 0 Å². The molecule has 156 valence electrons. The van der Waals surface area contributed by atoms with Gasteiger partial charge < -0.3 is 14.2 Å². The van der Waals surface area contributed by atoms with Gasteiger partial charge in [0.05, 0.1) is 26.0 Å². The Morgan fingerprint density at radius 3 is 2.47 bits per heavy atom. The van der Waals surface area contributed by atoms with E-state index in [-0.39, 0.29) is 10.7 Å². The number of nitrogens with one attached hydrogen (secondary N) is 1. The number of thiocarbonyl (C=S) groups is 1. The lowest BCUT2D eigenvalue weighted by atomic mass is 10.1. The van der Waals surface area contributed by atoms with Gasteiger partial charge in [-0.2, -0.15) is 0 Å². The fourth-order valence-electron chi connectivity index (χ4n) is 3.02. The van der Waals surface area contributed by atoms with Crippen molar-refractivity contribution in [2.24, 2.45) is 0 Å².